The molecule has 2 nitrogen and oxygen atoms in total. The third kappa shape index (κ3) is 2.52. The summed E-state index contributed by atoms with van der Waals surface area (Å²) in [6.45, 7) is 7.57. The number of anilines is 1. The number of hydrogen-bond acceptors (Lipinski definition) is 3. The van der Waals surface area contributed by atoms with Crippen molar-refractivity contribution in [3.63, 3.8) is 0 Å². The van der Waals surface area contributed by atoms with Crippen molar-refractivity contribution >= 4 is 17.4 Å². The minimum atomic E-state index is 0.552. The summed E-state index contributed by atoms with van der Waals surface area (Å²) in [5, 5.41) is 0.606. The van der Waals surface area contributed by atoms with Gasteiger partial charge in [0.1, 0.15) is 0 Å². The van der Waals surface area contributed by atoms with Gasteiger partial charge >= 0.3 is 0 Å². The van der Waals surface area contributed by atoms with Crippen molar-refractivity contribution in [2.45, 2.75) is 49.3 Å². The second-order valence-electron chi connectivity index (χ2n) is 5.47. The fourth-order valence-electron chi connectivity index (χ4n) is 2.47. The first kappa shape index (κ1) is 13.8. The fraction of sp³-hybridized carbons (Fsp3) is 0.600. The predicted molar refractivity (Wildman–Crippen MR) is 81.7 cm³/mol. The zero-order valence-corrected chi connectivity index (χ0v) is 12.6. The zero-order valence-electron chi connectivity index (χ0n) is 11.8. The van der Waals surface area contributed by atoms with E-state index in [4.69, 9.17) is 5.73 Å². The summed E-state index contributed by atoms with van der Waals surface area (Å²) in [6, 6.07) is 7.44. The topological polar surface area (TPSA) is 29.3 Å². The Morgan fingerprint density at radius 3 is 2.72 bits per heavy atom. The first-order valence-corrected chi connectivity index (χ1v) is 7.66. The van der Waals surface area contributed by atoms with E-state index in [9.17, 15) is 0 Å². The van der Waals surface area contributed by atoms with Gasteiger partial charge in [-0.3, -0.25) is 0 Å². The lowest BCUT2D eigenvalue weighted by Crippen LogP contribution is -2.41. The molecule has 1 aliphatic rings. The number of thioether (sulfide) groups is 1. The monoisotopic (exact) mass is 264 g/mol. The fourth-order valence-corrected chi connectivity index (χ4v) is 3.97. The molecule has 2 N–H and O–H groups in total. The molecule has 2 atom stereocenters. The molecule has 0 saturated carbocycles. The first-order chi connectivity index (χ1) is 8.54. The van der Waals surface area contributed by atoms with E-state index in [2.05, 4.69) is 50.9 Å². The van der Waals surface area contributed by atoms with Crippen LogP contribution < -0.4 is 10.6 Å². The van der Waals surface area contributed by atoms with Gasteiger partial charge in [-0.1, -0.05) is 19.9 Å². The Morgan fingerprint density at radius 2 is 2.11 bits per heavy atom. The van der Waals surface area contributed by atoms with E-state index in [1.54, 1.807) is 0 Å². The number of nitrogens with two attached hydrogens (primary N) is 1. The molecule has 0 spiro atoms. The second-order valence-corrected chi connectivity index (χ2v) is 6.75. The van der Waals surface area contributed by atoms with E-state index in [0.717, 1.165) is 13.0 Å². The average molecular weight is 264 g/mol. The summed E-state index contributed by atoms with van der Waals surface area (Å²) >= 11 is 2.00. The molecule has 0 saturated heterocycles. The molecule has 0 amide bonds. The lowest BCUT2D eigenvalue weighted by molar-refractivity contribution is 0.603. The Labute approximate surface area is 115 Å². The van der Waals surface area contributed by atoms with Crippen molar-refractivity contribution in [2.24, 2.45) is 5.73 Å². The number of nitrogens with zero attached hydrogens (tertiary/aromatic N) is 1. The highest BCUT2D eigenvalue weighted by molar-refractivity contribution is 8.00. The van der Waals surface area contributed by atoms with Crippen LogP contribution in [0.4, 0.5) is 5.69 Å². The van der Waals surface area contributed by atoms with Crippen LogP contribution in [0.2, 0.25) is 0 Å². The van der Waals surface area contributed by atoms with Crippen molar-refractivity contribution in [3.05, 3.63) is 23.8 Å². The van der Waals surface area contributed by atoms with Crippen LogP contribution in [-0.4, -0.2) is 24.9 Å². The smallest absolute Gasteiger partial charge is 0.0504 e. The molecule has 1 aliphatic heterocycles. The van der Waals surface area contributed by atoms with Gasteiger partial charge in [0.25, 0.3) is 0 Å². The summed E-state index contributed by atoms with van der Waals surface area (Å²) in [6.07, 6.45) is 1.08. The first-order valence-electron chi connectivity index (χ1n) is 6.78. The number of rotatable bonds is 3. The molecule has 0 radical (unpaired) electrons. The van der Waals surface area contributed by atoms with Crippen LogP contribution in [0.3, 0.4) is 0 Å². The van der Waals surface area contributed by atoms with Crippen LogP contribution in [0.5, 0.6) is 0 Å². The van der Waals surface area contributed by atoms with Crippen molar-refractivity contribution in [1.82, 2.24) is 0 Å². The maximum Gasteiger partial charge on any atom is 0.0504 e. The van der Waals surface area contributed by atoms with Crippen molar-refractivity contribution in [1.29, 1.82) is 0 Å². The predicted octanol–water partition coefficient (Wildman–Crippen LogP) is 3.46. The zero-order chi connectivity index (χ0) is 13.3. The SMILES string of the molecule is CC(C)c1ccc2c(c1)SC(CCN)C(C)N2C. The average Bonchev–Trinajstić information content (AvgIpc) is 2.35. The lowest BCUT2D eigenvalue weighted by atomic mass is 10.0. The standard InChI is InChI=1S/C15H24N2S/c1-10(2)12-5-6-13-15(9-12)18-14(7-8-16)11(3)17(13)4/h5-6,9-11,14H,7-8,16H2,1-4H3. The molecule has 0 aliphatic carbocycles. The number of hydrogen-bond donors (Lipinski definition) is 1. The molecule has 18 heavy (non-hydrogen) atoms. The van der Waals surface area contributed by atoms with Gasteiger partial charge in [-0.05, 0) is 43.5 Å². The van der Waals surface area contributed by atoms with Crippen LogP contribution >= 0.6 is 11.8 Å². The van der Waals surface area contributed by atoms with Crippen molar-refractivity contribution < 1.29 is 0 Å². The molecule has 1 heterocycles. The molecule has 3 heteroatoms. The van der Waals surface area contributed by atoms with Gasteiger partial charge < -0.3 is 10.6 Å². The van der Waals surface area contributed by atoms with E-state index in [-0.39, 0.29) is 0 Å². The molecule has 0 bridgehead atoms. The highest BCUT2D eigenvalue weighted by atomic mass is 32.2. The Bertz CT molecular complexity index is 417. The van der Waals surface area contributed by atoms with E-state index in [1.807, 2.05) is 11.8 Å². The third-order valence-electron chi connectivity index (χ3n) is 3.91. The van der Waals surface area contributed by atoms with Crippen LogP contribution in [0.1, 0.15) is 38.7 Å². The minimum absolute atomic E-state index is 0.552. The maximum atomic E-state index is 5.73. The number of fused-ring (bicyclic) bond motifs is 1. The molecular formula is C15H24N2S. The Morgan fingerprint density at radius 1 is 1.39 bits per heavy atom. The summed E-state index contributed by atoms with van der Waals surface area (Å²) < 4.78 is 0. The highest BCUT2D eigenvalue weighted by Gasteiger charge is 2.29. The molecule has 0 aromatic heterocycles. The molecule has 100 valence electrons. The maximum absolute atomic E-state index is 5.73. The van der Waals surface area contributed by atoms with Gasteiger partial charge in [-0.15, -0.1) is 11.8 Å². The van der Waals surface area contributed by atoms with Crippen LogP contribution in [0.25, 0.3) is 0 Å². The quantitative estimate of drug-likeness (QED) is 0.906. The van der Waals surface area contributed by atoms with Gasteiger partial charge in [0.15, 0.2) is 0 Å². The molecule has 1 aromatic rings. The van der Waals surface area contributed by atoms with E-state index >= 15 is 0 Å². The van der Waals surface area contributed by atoms with Crippen LogP contribution in [0, 0.1) is 0 Å². The van der Waals surface area contributed by atoms with Gasteiger partial charge in [0, 0.05) is 23.2 Å². The van der Waals surface area contributed by atoms with Gasteiger partial charge in [-0.25, -0.2) is 0 Å². The van der Waals surface area contributed by atoms with Gasteiger partial charge in [0.05, 0.1) is 5.69 Å². The molecule has 0 fully saturated rings. The van der Waals surface area contributed by atoms with Crippen molar-refractivity contribution in [2.75, 3.05) is 18.5 Å². The van der Waals surface area contributed by atoms with Gasteiger partial charge in [-0.2, -0.15) is 0 Å². The Kier molecular flexibility index (Phi) is 4.23. The van der Waals surface area contributed by atoms with Crippen LogP contribution in [-0.2, 0) is 0 Å². The minimum Gasteiger partial charge on any atom is -0.370 e. The molecule has 1 aromatic carbocycles. The van der Waals surface area contributed by atoms with Gasteiger partial charge in [0.2, 0.25) is 0 Å². The normalized spacial score (nSPS) is 23.3. The van der Waals surface area contributed by atoms with E-state index < -0.39 is 0 Å². The highest BCUT2D eigenvalue weighted by Crippen LogP contribution is 2.43. The summed E-state index contributed by atoms with van der Waals surface area (Å²) in [7, 11) is 2.20. The second kappa shape index (κ2) is 5.54. The molecule has 2 rings (SSSR count). The lowest BCUT2D eigenvalue weighted by Gasteiger charge is -2.39. The molecule has 2 unspecified atom stereocenters. The van der Waals surface area contributed by atoms with Crippen molar-refractivity contribution in [3.8, 4) is 0 Å². The third-order valence-corrected chi connectivity index (χ3v) is 5.42. The Hall–Kier alpha value is -0.670. The van der Waals surface area contributed by atoms with E-state index in [0.29, 0.717) is 17.2 Å². The van der Waals surface area contributed by atoms with Crippen LogP contribution in [0.15, 0.2) is 23.1 Å². The Balaban J connectivity index is 2.33. The number of benzene rings is 1. The largest absolute Gasteiger partial charge is 0.370 e. The summed E-state index contributed by atoms with van der Waals surface area (Å²) in [4.78, 5) is 3.82. The molecular weight excluding hydrogens is 240 g/mol. The summed E-state index contributed by atoms with van der Waals surface area (Å²) in [5.41, 5.74) is 8.53. The summed E-state index contributed by atoms with van der Waals surface area (Å²) in [5.74, 6) is 0.591. The van der Waals surface area contributed by atoms with E-state index in [1.165, 1.54) is 16.1 Å².